The molecule has 1 aromatic carbocycles. The number of aliphatic imine (C=N–C) groups is 1. The lowest BCUT2D eigenvalue weighted by Gasteiger charge is -2.26. The molecule has 1 aromatic heterocycles. The number of nitrogens with one attached hydrogen (secondary N) is 1. The van der Waals surface area contributed by atoms with Crippen LogP contribution in [-0.2, 0) is 9.59 Å². The molecule has 1 N–H and O–H groups in total. The van der Waals surface area contributed by atoms with Crippen molar-refractivity contribution in [2.75, 3.05) is 13.1 Å². The van der Waals surface area contributed by atoms with Crippen molar-refractivity contribution >= 4 is 45.7 Å². The number of aryl methyl sites for hydroxylation is 2. The van der Waals surface area contributed by atoms with E-state index in [1.54, 1.807) is 6.08 Å². The molecule has 0 radical (unpaired) electrons. The Morgan fingerprint density at radius 3 is 2.64 bits per heavy atom. The zero-order valence-corrected chi connectivity index (χ0v) is 21.9. The first kappa shape index (κ1) is 24.2. The minimum Gasteiger partial charge on any atom is -0.342 e. The van der Waals surface area contributed by atoms with Crippen molar-refractivity contribution < 1.29 is 9.59 Å². The number of fused-ring (bicyclic) bond motifs is 1. The molecule has 2 aromatic rings. The minimum absolute atomic E-state index is 0.0190. The highest BCUT2D eigenvalue weighted by molar-refractivity contribution is 8.27. The van der Waals surface area contributed by atoms with E-state index in [2.05, 4.69) is 40.6 Å². The van der Waals surface area contributed by atoms with Gasteiger partial charge in [0.2, 0.25) is 11.1 Å². The van der Waals surface area contributed by atoms with Gasteiger partial charge < -0.3 is 9.47 Å². The summed E-state index contributed by atoms with van der Waals surface area (Å²) in [6.45, 7) is 9.81. The molecule has 2 amide bonds. The van der Waals surface area contributed by atoms with Gasteiger partial charge in [0.05, 0.1) is 12.0 Å². The molecular weight excluding hydrogens is 472 g/mol. The molecule has 3 aliphatic heterocycles. The normalized spacial score (nSPS) is 19.1. The minimum atomic E-state index is -0.464. The Bertz CT molecular complexity index is 1380. The average Bonchev–Trinajstić information content (AvgIpc) is 3.38. The summed E-state index contributed by atoms with van der Waals surface area (Å²) in [6, 6.07) is 8.25. The third-order valence-corrected chi connectivity index (χ3v) is 8.00. The number of nitrogens with zero attached hydrogens (tertiary/aromatic N) is 5. The number of likely N-dealkylation sites (tertiary alicyclic amines) is 1. The van der Waals surface area contributed by atoms with Crippen LogP contribution in [0.15, 0.2) is 39.9 Å². The topological polar surface area (TPSA) is 94.1 Å². The number of rotatable bonds is 4. The summed E-state index contributed by atoms with van der Waals surface area (Å²) in [7, 11) is 0. The molecule has 4 heterocycles. The van der Waals surface area contributed by atoms with E-state index in [9.17, 15) is 9.59 Å². The Morgan fingerprint density at radius 1 is 1.14 bits per heavy atom. The molecular formula is C27H30N6O2S. The highest BCUT2D eigenvalue weighted by atomic mass is 32.2. The van der Waals surface area contributed by atoms with Gasteiger partial charge >= 0.3 is 0 Å². The van der Waals surface area contributed by atoms with Crippen LogP contribution in [0.5, 0.6) is 0 Å². The fourth-order valence-corrected chi connectivity index (χ4v) is 5.80. The Kier molecular flexibility index (Phi) is 6.42. The van der Waals surface area contributed by atoms with E-state index in [1.807, 2.05) is 30.9 Å². The van der Waals surface area contributed by atoms with Gasteiger partial charge in [-0.25, -0.2) is 0 Å². The molecule has 0 atom stereocenters. The molecule has 8 nitrogen and oxygen atoms in total. The largest absolute Gasteiger partial charge is 0.342 e. The summed E-state index contributed by atoms with van der Waals surface area (Å²) in [6.07, 6.45) is 5.11. The zero-order valence-electron chi connectivity index (χ0n) is 21.1. The lowest BCUT2D eigenvalue weighted by atomic mass is 10.1. The van der Waals surface area contributed by atoms with E-state index in [4.69, 9.17) is 5.41 Å². The van der Waals surface area contributed by atoms with Crippen LogP contribution >= 0.6 is 11.8 Å². The molecule has 0 bridgehead atoms. The van der Waals surface area contributed by atoms with E-state index in [0.717, 1.165) is 55.0 Å². The number of amidine groups is 2. The van der Waals surface area contributed by atoms with E-state index < -0.39 is 5.91 Å². The van der Waals surface area contributed by atoms with Gasteiger partial charge in [-0.15, -0.1) is 0 Å². The summed E-state index contributed by atoms with van der Waals surface area (Å²) < 4.78 is 2.18. The number of aromatic nitrogens is 1. The Hall–Kier alpha value is -3.46. The first-order valence-electron chi connectivity index (χ1n) is 12.3. The highest BCUT2D eigenvalue weighted by Gasteiger charge is 2.36. The van der Waals surface area contributed by atoms with E-state index in [-0.39, 0.29) is 23.7 Å². The predicted octanol–water partition coefficient (Wildman–Crippen LogP) is 4.73. The van der Waals surface area contributed by atoms with Gasteiger partial charge in [0.25, 0.3) is 5.91 Å². The summed E-state index contributed by atoms with van der Waals surface area (Å²) in [5.74, 6) is -0.447. The lowest BCUT2D eigenvalue weighted by Crippen LogP contribution is -2.36. The molecule has 3 aliphatic rings. The Balaban J connectivity index is 1.41. The Morgan fingerprint density at radius 2 is 1.89 bits per heavy atom. The molecule has 0 spiro atoms. The van der Waals surface area contributed by atoms with Crippen LogP contribution in [0.25, 0.3) is 11.8 Å². The molecule has 1 saturated heterocycles. The van der Waals surface area contributed by atoms with Gasteiger partial charge in [-0.05, 0) is 93.6 Å². The Labute approximate surface area is 215 Å². The summed E-state index contributed by atoms with van der Waals surface area (Å²) in [5, 5.41) is 15.5. The smallest absolute Gasteiger partial charge is 0.283 e. The van der Waals surface area contributed by atoms with Crippen LogP contribution in [0.4, 0.5) is 0 Å². The molecule has 9 heteroatoms. The number of piperidine rings is 1. The molecule has 5 rings (SSSR count). The number of hydrogen-bond donors (Lipinski definition) is 1. The maximum Gasteiger partial charge on any atom is 0.283 e. The first-order valence-corrected chi connectivity index (χ1v) is 13.1. The van der Waals surface area contributed by atoms with Crippen molar-refractivity contribution in [3.8, 4) is 5.69 Å². The van der Waals surface area contributed by atoms with Crippen molar-refractivity contribution in [3.63, 3.8) is 0 Å². The highest BCUT2D eigenvalue weighted by Crippen LogP contribution is 2.31. The van der Waals surface area contributed by atoms with E-state index in [1.165, 1.54) is 27.9 Å². The van der Waals surface area contributed by atoms with Gasteiger partial charge in [0.1, 0.15) is 5.04 Å². The van der Waals surface area contributed by atoms with Crippen molar-refractivity contribution in [1.29, 1.82) is 5.41 Å². The third-order valence-electron chi connectivity index (χ3n) is 7.09. The molecule has 0 unspecified atom stereocenters. The maximum atomic E-state index is 12.9. The maximum absolute atomic E-state index is 12.9. The van der Waals surface area contributed by atoms with Crippen LogP contribution in [0.1, 0.15) is 53.8 Å². The SMILES string of the molecule is Cc1cccc(-n2c(C)cc(/C=C3/C(=N)N4N=C(CC(=O)N5CCCCC5)SC4=NC3=O)c2C)c1C. The average molecular weight is 503 g/mol. The van der Waals surface area contributed by atoms with Gasteiger partial charge in [0, 0.05) is 30.2 Å². The lowest BCUT2D eigenvalue weighted by molar-refractivity contribution is -0.130. The summed E-state index contributed by atoms with van der Waals surface area (Å²) in [5.41, 5.74) is 6.58. The molecule has 36 heavy (non-hydrogen) atoms. The zero-order chi connectivity index (χ0) is 25.6. The monoisotopic (exact) mass is 502 g/mol. The quantitative estimate of drug-likeness (QED) is 0.612. The van der Waals surface area contributed by atoms with Crippen LogP contribution < -0.4 is 0 Å². The number of thioether (sulfide) groups is 1. The number of benzene rings is 1. The summed E-state index contributed by atoms with van der Waals surface area (Å²) in [4.78, 5) is 31.7. The fraction of sp³-hybridized carbons (Fsp3) is 0.370. The number of carbonyl (C=O) groups is 2. The number of carbonyl (C=O) groups excluding carboxylic acids is 2. The van der Waals surface area contributed by atoms with E-state index >= 15 is 0 Å². The van der Waals surface area contributed by atoms with Crippen LogP contribution in [0.2, 0.25) is 0 Å². The second kappa shape index (κ2) is 9.54. The second-order valence-electron chi connectivity index (χ2n) is 9.51. The van der Waals surface area contributed by atoms with Gasteiger partial charge in [0.15, 0.2) is 5.84 Å². The van der Waals surface area contributed by atoms with Crippen molar-refractivity contribution in [3.05, 3.63) is 57.9 Å². The van der Waals surface area contributed by atoms with Gasteiger partial charge in [-0.2, -0.15) is 15.1 Å². The van der Waals surface area contributed by atoms with Crippen LogP contribution in [0.3, 0.4) is 0 Å². The van der Waals surface area contributed by atoms with Crippen LogP contribution in [-0.4, -0.2) is 55.4 Å². The van der Waals surface area contributed by atoms with Crippen molar-refractivity contribution in [2.45, 2.75) is 53.4 Å². The van der Waals surface area contributed by atoms with Gasteiger partial charge in [-0.3, -0.25) is 15.0 Å². The number of amides is 2. The third kappa shape index (κ3) is 4.32. The molecule has 0 aliphatic carbocycles. The first-order chi connectivity index (χ1) is 17.2. The van der Waals surface area contributed by atoms with Crippen molar-refractivity contribution in [2.24, 2.45) is 10.1 Å². The predicted molar refractivity (Wildman–Crippen MR) is 145 cm³/mol. The molecule has 1 fully saturated rings. The fourth-order valence-electron chi connectivity index (χ4n) is 4.93. The molecule has 186 valence electrons. The van der Waals surface area contributed by atoms with Crippen LogP contribution in [0, 0.1) is 33.1 Å². The second-order valence-corrected chi connectivity index (χ2v) is 10.6. The number of hydrogen-bond acceptors (Lipinski definition) is 5. The standard InChI is InChI=1S/C27H30N6O2S/c1-16-9-8-10-22(18(16)3)32-17(2)13-20(19(32)4)14-21-25(28)33-27(29-26(21)35)36-23(30-33)15-24(34)31-11-6-5-7-12-31/h8-10,13-14,28H,5-7,11-12,15H2,1-4H3/b21-14-,28-25?. The number of hydrazone groups is 1. The van der Waals surface area contributed by atoms with Crippen molar-refractivity contribution in [1.82, 2.24) is 14.5 Å². The summed E-state index contributed by atoms with van der Waals surface area (Å²) >= 11 is 1.20. The van der Waals surface area contributed by atoms with E-state index in [0.29, 0.717) is 10.2 Å². The molecule has 0 saturated carbocycles. The van der Waals surface area contributed by atoms with Gasteiger partial charge in [-0.1, -0.05) is 12.1 Å².